The number of fused-ring (bicyclic) bond motifs is 1. The highest BCUT2D eigenvalue weighted by Crippen LogP contribution is 2.30. The Morgan fingerprint density at radius 1 is 1.16 bits per heavy atom. The summed E-state index contributed by atoms with van der Waals surface area (Å²) in [6.45, 7) is 8.28. The van der Waals surface area contributed by atoms with Crippen molar-refractivity contribution in [3.63, 3.8) is 0 Å². The molecule has 0 unspecified atom stereocenters. The van der Waals surface area contributed by atoms with E-state index >= 15 is 0 Å². The number of likely N-dealkylation sites (tertiary alicyclic amines) is 1. The van der Waals surface area contributed by atoms with Gasteiger partial charge in [-0.15, -0.1) is 11.3 Å². The van der Waals surface area contributed by atoms with Gasteiger partial charge in [-0.3, -0.25) is 4.79 Å². The fourth-order valence-corrected chi connectivity index (χ4v) is 5.15. The van der Waals surface area contributed by atoms with Crippen LogP contribution in [0, 0.1) is 5.92 Å². The number of nitrogens with one attached hydrogen (secondary N) is 1. The van der Waals surface area contributed by atoms with Crippen molar-refractivity contribution in [3.05, 3.63) is 17.8 Å². The van der Waals surface area contributed by atoms with Crippen molar-refractivity contribution in [2.45, 2.75) is 58.1 Å². The summed E-state index contributed by atoms with van der Waals surface area (Å²) in [4.78, 5) is 38.2. The van der Waals surface area contributed by atoms with Gasteiger partial charge in [0.05, 0.1) is 16.1 Å². The molecule has 8 nitrogen and oxygen atoms in total. The van der Waals surface area contributed by atoms with Crippen LogP contribution in [0.5, 0.6) is 0 Å². The number of hydrogen-bond acceptors (Lipinski definition) is 7. The molecule has 0 aromatic carbocycles. The van der Waals surface area contributed by atoms with Crippen LogP contribution >= 0.6 is 11.3 Å². The lowest BCUT2D eigenvalue weighted by Crippen LogP contribution is -2.52. The number of thiophene rings is 1. The second-order valence-electron chi connectivity index (χ2n) is 9.39. The van der Waals surface area contributed by atoms with Crippen molar-refractivity contribution in [3.8, 4) is 0 Å². The molecule has 0 aliphatic carbocycles. The molecule has 31 heavy (non-hydrogen) atoms. The van der Waals surface area contributed by atoms with Crippen molar-refractivity contribution >= 4 is 39.4 Å². The van der Waals surface area contributed by atoms with Gasteiger partial charge < -0.3 is 19.9 Å². The topological polar surface area (TPSA) is 87.7 Å². The maximum atomic E-state index is 13.0. The zero-order valence-corrected chi connectivity index (χ0v) is 19.3. The summed E-state index contributed by atoms with van der Waals surface area (Å²) in [6, 6.07) is 2.08. The molecule has 4 rings (SSSR count). The Kier molecular flexibility index (Phi) is 6.31. The summed E-state index contributed by atoms with van der Waals surface area (Å²) < 4.78 is 6.58. The van der Waals surface area contributed by atoms with E-state index in [1.165, 1.54) is 0 Å². The Bertz CT molecular complexity index is 941. The molecule has 2 aromatic rings. The van der Waals surface area contributed by atoms with E-state index in [-0.39, 0.29) is 24.0 Å². The number of amides is 2. The molecule has 168 valence electrons. The van der Waals surface area contributed by atoms with Crippen LogP contribution in [0.25, 0.3) is 10.2 Å². The molecular weight excluding hydrogens is 414 g/mol. The van der Waals surface area contributed by atoms with Crippen molar-refractivity contribution in [1.82, 2.24) is 20.2 Å². The van der Waals surface area contributed by atoms with Gasteiger partial charge >= 0.3 is 6.09 Å². The van der Waals surface area contributed by atoms with Crippen molar-refractivity contribution < 1.29 is 14.3 Å². The van der Waals surface area contributed by atoms with E-state index in [1.54, 1.807) is 22.6 Å². The number of anilines is 1. The number of aromatic nitrogens is 2. The summed E-state index contributed by atoms with van der Waals surface area (Å²) in [6.07, 6.45) is 4.83. The number of rotatable bonds is 3. The van der Waals surface area contributed by atoms with Gasteiger partial charge in [0.15, 0.2) is 0 Å². The zero-order valence-electron chi connectivity index (χ0n) is 18.5. The van der Waals surface area contributed by atoms with Crippen LogP contribution in [0.2, 0.25) is 0 Å². The Morgan fingerprint density at radius 3 is 2.77 bits per heavy atom. The molecule has 4 heterocycles. The van der Waals surface area contributed by atoms with Crippen molar-refractivity contribution in [2.75, 3.05) is 31.1 Å². The monoisotopic (exact) mass is 445 g/mol. The van der Waals surface area contributed by atoms with E-state index in [0.29, 0.717) is 13.1 Å². The molecule has 9 heteroatoms. The molecule has 0 saturated carbocycles. The molecular formula is C22H31N5O3S. The number of nitrogens with zero attached hydrogens (tertiary/aromatic N) is 4. The summed E-state index contributed by atoms with van der Waals surface area (Å²) in [5.41, 5.74) is 0.429. The average molecular weight is 446 g/mol. The Balaban J connectivity index is 1.36. The molecule has 0 spiro atoms. The molecule has 1 N–H and O–H groups in total. The minimum Gasteiger partial charge on any atom is -0.444 e. The molecule has 2 saturated heterocycles. The first-order valence-corrected chi connectivity index (χ1v) is 11.9. The number of ether oxygens (including phenoxy) is 1. The van der Waals surface area contributed by atoms with Gasteiger partial charge in [0.25, 0.3) is 0 Å². The second-order valence-corrected chi connectivity index (χ2v) is 10.3. The van der Waals surface area contributed by atoms with Gasteiger partial charge in [-0.25, -0.2) is 14.8 Å². The van der Waals surface area contributed by atoms with Gasteiger partial charge in [-0.2, -0.15) is 0 Å². The van der Waals surface area contributed by atoms with E-state index in [0.717, 1.165) is 54.8 Å². The van der Waals surface area contributed by atoms with Crippen LogP contribution in [-0.4, -0.2) is 64.7 Å². The highest BCUT2D eigenvalue weighted by molar-refractivity contribution is 7.17. The molecule has 2 aliphatic heterocycles. The Morgan fingerprint density at radius 2 is 1.97 bits per heavy atom. The Labute approximate surface area is 187 Å². The second kappa shape index (κ2) is 8.98. The molecule has 0 radical (unpaired) electrons. The maximum absolute atomic E-state index is 13.0. The van der Waals surface area contributed by atoms with E-state index < -0.39 is 5.60 Å². The number of hydrogen-bond donors (Lipinski definition) is 1. The van der Waals surface area contributed by atoms with Crippen LogP contribution in [0.4, 0.5) is 10.6 Å². The minimum atomic E-state index is -0.535. The first-order chi connectivity index (χ1) is 14.8. The van der Waals surface area contributed by atoms with Crippen LogP contribution in [0.15, 0.2) is 17.8 Å². The third kappa shape index (κ3) is 5.26. The maximum Gasteiger partial charge on any atom is 0.410 e. The van der Waals surface area contributed by atoms with E-state index in [4.69, 9.17) is 4.74 Å². The lowest BCUT2D eigenvalue weighted by atomic mass is 9.96. The summed E-state index contributed by atoms with van der Waals surface area (Å²) in [5, 5.41) is 5.27. The van der Waals surface area contributed by atoms with Gasteiger partial charge in [0, 0.05) is 32.2 Å². The van der Waals surface area contributed by atoms with E-state index in [1.807, 2.05) is 32.2 Å². The molecule has 2 aromatic heterocycles. The van der Waals surface area contributed by atoms with Gasteiger partial charge in [-0.1, -0.05) is 0 Å². The first kappa shape index (κ1) is 21.8. The van der Waals surface area contributed by atoms with Crippen LogP contribution in [-0.2, 0) is 9.53 Å². The van der Waals surface area contributed by atoms with Crippen molar-refractivity contribution in [2.24, 2.45) is 5.92 Å². The quantitative estimate of drug-likeness (QED) is 0.779. The predicted molar refractivity (Wildman–Crippen MR) is 121 cm³/mol. The summed E-state index contributed by atoms with van der Waals surface area (Å²) >= 11 is 1.65. The standard InChI is InChI=1S/C22H31N5O3S/c1-22(2,3)30-21(29)27-10-4-6-15(12-27)20(28)25-16-7-5-9-26(13-16)19-18-17(8-11-31-18)23-14-24-19/h8,11,14-16H,4-7,9-10,12-13H2,1-3H3,(H,25,28)/t15-,16-/m1/s1. The highest BCUT2D eigenvalue weighted by Gasteiger charge is 2.32. The number of piperidine rings is 2. The lowest BCUT2D eigenvalue weighted by molar-refractivity contribution is -0.127. The third-order valence-electron chi connectivity index (χ3n) is 5.74. The third-order valence-corrected chi connectivity index (χ3v) is 6.64. The van der Waals surface area contributed by atoms with Crippen molar-refractivity contribution in [1.29, 1.82) is 0 Å². The van der Waals surface area contributed by atoms with Crippen LogP contribution in [0.1, 0.15) is 46.5 Å². The molecule has 2 atom stereocenters. The molecule has 0 bridgehead atoms. The smallest absolute Gasteiger partial charge is 0.410 e. The highest BCUT2D eigenvalue weighted by atomic mass is 32.1. The first-order valence-electron chi connectivity index (χ1n) is 11.0. The Hall–Kier alpha value is -2.42. The lowest BCUT2D eigenvalue weighted by Gasteiger charge is -2.36. The minimum absolute atomic E-state index is 0.0315. The van der Waals surface area contributed by atoms with E-state index in [9.17, 15) is 9.59 Å². The largest absolute Gasteiger partial charge is 0.444 e. The average Bonchev–Trinajstić information content (AvgIpc) is 3.22. The SMILES string of the molecule is CC(C)(C)OC(=O)N1CCC[C@@H](C(=O)N[C@@H]2CCCN(c3ncnc4ccsc34)C2)C1. The van der Waals surface area contributed by atoms with Gasteiger partial charge in [-0.05, 0) is 57.9 Å². The van der Waals surface area contributed by atoms with E-state index in [2.05, 4.69) is 20.2 Å². The fourth-order valence-electron chi connectivity index (χ4n) is 4.29. The fraction of sp³-hybridized carbons (Fsp3) is 0.636. The van der Waals surface area contributed by atoms with Crippen LogP contribution < -0.4 is 10.2 Å². The number of carbonyl (C=O) groups is 2. The number of carbonyl (C=O) groups excluding carboxylic acids is 2. The molecule has 2 amide bonds. The summed E-state index contributed by atoms with van der Waals surface area (Å²) in [5.74, 6) is 0.788. The zero-order chi connectivity index (χ0) is 22.0. The molecule has 2 fully saturated rings. The predicted octanol–water partition coefficient (Wildman–Crippen LogP) is 3.42. The van der Waals surface area contributed by atoms with Crippen LogP contribution in [0.3, 0.4) is 0 Å². The molecule has 2 aliphatic rings. The van der Waals surface area contributed by atoms with Gasteiger partial charge in [0.1, 0.15) is 17.7 Å². The summed E-state index contributed by atoms with van der Waals surface area (Å²) in [7, 11) is 0. The normalized spacial score (nSPS) is 22.4. The van der Waals surface area contributed by atoms with Gasteiger partial charge in [0.2, 0.25) is 5.91 Å².